The second-order valence-corrected chi connectivity index (χ2v) is 12.0. The van der Waals surface area contributed by atoms with Crippen LogP contribution >= 0.6 is 0 Å². The topological polar surface area (TPSA) is 23.0 Å². The largest absolute Gasteiger partial charge is 0.454 e. The zero-order valence-corrected chi connectivity index (χ0v) is 24.6. The normalized spacial score (nSPS) is 13.1. The van der Waals surface area contributed by atoms with Gasteiger partial charge in [0.1, 0.15) is 5.58 Å². The fourth-order valence-electron chi connectivity index (χ4n) is 7.59. The Bertz CT molecular complexity index is 2650. The molecule has 0 saturated carbocycles. The van der Waals surface area contributed by atoms with Gasteiger partial charge in [-0.1, -0.05) is 91.0 Å². The number of rotatable bonds is 3. The molecule has 0 atom stereocenters. The molecular weight excluding hydrogens is 548 g/mol. The molecule has 3 heteroatoms. The summed E-state index contributed by atoms with van der Waals surface area (Å²) in [6.45, 7) is 0. The highest BCUT2D eigenvalue weighted by Gasteiger charge is 2.21. The first kappa shape index (κ1) is 24.6. The van der Waals surface area contributed by atoms with E-state index in [9.17, 15) is 0 Å². The lowest BCUT2D eigenvalue weighted by atomic mass is 9.98. The number of hydrogen-bond acceptors (Lipinski definition) is 1. The van der Waals surface area contributed by atoms with E-state index in [1.54, 1.807) is 0 Å². The molecule has 0 bridgehead atoms. The quantitative estimate of drug-likeness (QED) is 0.205. The maximum Gasteiger partial charge on any atom is 0.159 e. The van der Waals surface area contributed by atoms with Crippen molar-refractivity contribution in [1.82, 2.24) is 9.13 Å². The van der Waals surface area contributed by atoms with Crippen molar-refractivity contribution < 1.29 is 4.42 Å². The summed E-state index contributed by atoms with van der Waals surface area (Å²) in [4.78, 5) is 0. The molecule has 0 amide bonds. The molecule has 0 fully saturated rings. The van der Waals surface area contributed by atoms with Gasteiger partial charge >= 0.3 is 0 Å². The summed E-state index contributed by atoms with van der Waals surface area (Å²) < 4.78 is 11.3. The highest BCUT2D eigenvalue weighted by molar-refractivity contribution is 6.13. The van der Waals surface area contributed by atoms with Crippen molar-refractivity contribution in [2.24, 2.45) is 0 Å². The summed E-state index contributed by atoms with van der Waals surface area (Å²) >= 11 is 0. The van der Waals surface area contributed by atoms with Crippen LogP contribution in [0.3, 0.4) is 0 Å². The minimum atomic E-state index is 0.913. The standard InChI is InChI=1S/C42H28N2O/c1-2-11-29(12-3-1)43-36-17-7-4-13-30(36)34-25-27(21-23-38(34)43)28-22-24-39-35(26-28)31-14-5-8-18-37(31)44(39)40-19-10-16-33-32-15-6-9-20-41(32)45-42(33)40/h1-6,8-16,18-26H,7,17H2. The maximum atomic E-state index is 6.49. The average molecular weight is 577 g/mol. The van der Waals surface area contributed by atoms with Gasteiger partial charge in [-0.05, 0) is 78.6 Å². The van der Waals surface area contributed by atoms with E-state index >= 15 is 0 Å². The highest BCUT2D eigenvalue weighted by Crippen LogP contribution is 2.40. The molecular formula is C42H28N2O. The lowest BCUT2D eigenvalue weighted by molar-refractivity contribution is 0.666. The van der Waals surface area contributed by atoms with Crippen LogP contribution in [0, 0.1) is 0 Å². The van der Waals surface area contributed by atoms with E-state index in [1.807, 2.05) is 6.07 Å². The zero-order chi connectivity index (χ0) is 29.5. The third-order valence-electron chi connectivity index (χ3n) is 9.59. The molecule has 1 aliphatic carbocycles. The van der Waals surface area contributed by atoms with Gasteiger partial charge in [-0.25, -0.2) is 0 Å². The second-order valence-electron chi connectivity index (χ2n) is 12.0. The number of benzene rings is 6. The van der Waals surface area contributed by atoms with Crippen LogP contribution in [0.1, 0.15) is 17.7 Å². The Hall–Kier alpha value is -5.80. The molecule has 45 heavy (non-hydrogen) atoms. The fraction of sp³-hybridized carbons (Fsp3) is 0.0476. The molecule has 1 aliphatic rings. The van der Waals surface area contributed by atoms with Crippen LogP contribution in [0.25, 0.3) is 83.2 Å². The Morgan fingerprint density at radius 2 is 1.20 bits per heavy atom. The first-order valence-corrected chi connectivity index (χ1v) is 15.7. The van der Waals surface area contributed by atoms with Gasteiger partial charge in [0.15, 0.2) is 5.58 Å². The second kappa shape index (κ2) is 9.35. The monoisotopic (exact) mass is 576 g/mol. The van der Waals surface area contributed by atoms with E-state index in [1.165, 1.54) is 60.8 Å². The van der Waals surface area contributed by atoms with Crippen LogP contribution < -0.4 is 0 Å². The molecule has 0 N–H and O–H groups in total. The lowest BCUT2D eigenvalue weighted by Crippen LogP contribution is -2.02. The van der Waals surface area contributed by atoms with Crippen molar-refractivity contribution >= 4 is 60.7 Å². The Morgan fingerprint density at radius 3 is 2.07 bits per heavy atom. The van der Waals surface area contributed by atoms with Crippen molar-refractivity contribution in [2.75, 3.05) is 0 Å². The molecule has 0 unspecified atom stereocenters. The Labute approximate surface area is 259 Å². The number of hydrogen-bond donors (Lipinski definition) is 0. The van der Waals surface area contributed by atoms with E-state index < -0.39 is 0 Å². The smallest absolute Gasteiger partial charge is 0.159 e. The van der Waals surface area contributed by atoms with Crippen LogP contribution in [0.5, 0.6) is 0 Å². The van der Waals surface area contributed by atoms with Gasteiger partial charge in [0.25, 0.3) is 0 Å². The van der Waals surface area contributed by atoms with Crippen molar-refractivity contribution in [1.29, 1.82) is 0 Å². The highest BCUT2D eigenvalue weighted by atomic mass is 16.3. The third kappa shape index (κ3) is 3.52. The van der Waals surface area contributed by atoms with E-state index in [2.05, 4.69) is 149 Å². The van der Waals surface area contributed by atoms with Crippen LogP contribution in [-0.2, 0) is 6.42 Å². The van der Waals surface area contributed by atoms with Crippen LogP contribution in [0.15, 0.2) is 144 Å². The van der Waals surface area contributed by atoms with Gasteiger partial charge in [-0.3, -0.25) is 0 Å². The van der Waals surface area contributed by atoms with Gasteiger partial charge in [-0.2, -0.15) is 0 Å². The van der Waals surface area contributed by atoms with E-state index in [0.717, 1.165) is 40.5 Å². The number of fused-ring (bicyclic) bond motifs is 9. The van der Waals surface area contributed by atoms with E-state index in [4.69, 9.17) is 4.42 Å². The molecule has 0 saturated heterocycles. The summed E-state index contributed by atoms with van der Waals surface area (Å²) in [5.41, 5.74) is 12.9. The fourth-order valence-corrected chi connectivity index (χ4v) is 7.59. The summed E-state index contributed by atoms with van der Waals surface area (Å²) in [6, 6.07) is 48.1. The third-order valence-corrected chi connectivity index (χ3v) is 9.59. The number of nitrogens with zero attached hydrogens (tertiary/aromatic N) is 2. The molecule has 212 valence electrons. The SMILES string of the molecule is C1=Cc2c(n(-c3ccccc3)c3ccc(-c4ccc5c(c4)c4ccccc4n5-c4cccc5c4oc4ccccc45)cc23)CC1. The van der Waals surface area contributed by atoms with Crippen molar-refractivity contribution in [3.8, 4) is 22.5 Å². The molecule has 3 aromatic heterocycles. The lowest BCUT2D eigenvalue weighted by Gasteiger charge is -2.13. The summed E-state index contributed by atoms with van der Waals surface area (Å²) in [6.07, 6.45) is 6.76. The Kier molecular flexibility index (Phi) is 5.11. The average Bonchev–Trinajstić information content (AvgIpc) is 3.76. The number of furan rings is 1. The molecule has 0 radical (unpaired) electrons. The van der Waals surface area contributed by atoms with Gasteiger partial charge in [0, 0.05) is 43.9 Å². The Balaban J connectivity index is 1.19. The maximum absolute atomic E-state index is 6.49. The van der Waals surface area contributed by atoms with Crippen LogP contribution in [-0.4, -0.2) is 9.13 Å². The van der Waals surface area contributed by atoms with Crippen LogP contribution in [0.2, 0.25) is 0 Å². The van der Waals surface area contributed by atoms with Crippen molar-refractivity contribution in [2.45, 2.75) is 12.8 Å². The molecule has 3 heterocycles. The first-order chi connectivity index (χ1) is 22.3. The van der Waals surface area contributed by atoms with E-state index in [0.29, 0.717) is 0 Å². The van der Waals surface area contributed by atoms with Gasteiger partial charge in [-0.15, -0.1) is 0 Å². The van der Waals surface area contributed by atoms with Gasteiger partial charge in [0.2, 0.25) is 0 Å². The minimum absolute atomic E-state index is 0.913. The van der Waals surface area contributed by atoms with Crippen molar-refractivity contribution in [3.05, 3.63) is 151 Å². The molecule has 0 spiro atoms. The summed E-state index contributed by atoms with van der Waals surface area (Å²) in [7, 11) is 0. The molecule has 3 nitrogen and oxygen atoms in total. The number of para-hydroxylation sites is 4. The van der Waals surface area contributed by atoms with Gasteiger partial charge in [0.05, 0.1) is 22.2 Å². The molecule has 9 aromatic rings. The van der Waals surface area contributed by atoms with E-state index in [-0.39, 0.29) is 0 Å². The molecule has 10 rings (SSSR count). The van der Waals surface area contributed by atoms with Gasteiger partial charge < -0.3 is 13.6 Å². The van der Waals surface area contributed by atoms with Crippen molar-refractivity contribution in [3.63, 3.8) is 0 Å². The zero-order valence-electron chi connectivity index (χ0n) is 24.6. The molecule has 6 aromatic carbocycles. The summed E-state index contributed by atoms with van der Waals surface area (Å²) in [5, 5.41) is 6.06. The number of aromatic nitrogens is 2. The minimum Gasteiger partial charge on any atom is -0.454 e. The molecule has 0 aliphatic heterocycles. The van der Waals surface area contributed by atoms with Crippen LogP contribution in [0.4, 0.5) is 0 Å². The summed E-state index contributed by atoms with van der Waals surface area (Å²) in [5.74, 6) is 0. The first-order valence-electron chi connectivity index (χ1n) is 15.7. The predicted octanol–water partition coefficient (Wildman–Crippen LogP) is 11.3. The number of allylic oxidation sites excluding steroid dienone is 1. The Morgan fingerprint density at radius 1 is 0.511 bits per heavy atom. The predicted molar refractivity (Wildman–Crippen MR) is 188 cm³/mol.